The third kappa shape index (κ3) is 5.67. The number of benzene rings is 1. The van der Waals surface area contributed by atoms with Gasteiger partial charge in [-0.3, -0.25) is 14.7 Å². The average Bonchev–Trinajstić information content (AvgIpc) is 2.87. The fourth-order valence-corrected chi connectivity index (χ4v) is 4.51. The van der Waals surface area contributed by atoms with Gasteiger partial charge in [0.25, 0.3) is 0 Å². The van der Waals surface area contributed by atoms with Crippen molar-refractivity contribution in [1.29, 1.82) is 0 Å². The maximum absolute atomic E-state index is 15.3. The normalized spacial score (nSPS) is 19.2. The number of alkyl halides is 1. The summed E-state index contributed by atoms with van der Waals surface area (Å²) in [5.74, 6) is 5.18. The standard InChI is InChI=1S/C26H27FN4O3/c1-34-20-7-9-25-22(16-20)21(10-13-28-25)24(27)8-6-18-11-15-31(17-23(18)26(32)33)14-3-5-19-4-2-12-29-30-19/h2,4,7,9-10,12-13,16,18,23-24H,6,8,11,14-15,17H2,1H3,(H,32,33)/t18-,23+,24?/m1/s1. The lowest BCUT2D eigenvalue weighted by molar-refractivity contribution is -0.146. The zero-order chi connectivity index (χ0) is 23.9. The van der Waals surface area contributed by atoms with Crippen LogP contribution in [0.3, 0.4) is 0 Å². The Morgan fingerprint density at radius 2 is 2.21 bits per heavy atom. The molecule has 1 unspecified atom stereocenters. The van der Waals surface area contributed by atoms with Gasteiger partial charge < -0.3 is 9.84 Å². The van der Waals surface area contributed by atoms with E-state index >= 15 is 4.39 Å². The molecule has 0 bridgehead atoms. The number of halogens is 1. The number of methoxy groups -OCH3 is 1. The van der Waals surface area contributed by atoms with Crippen LogP contribution in [0.15, 0.2) is 48.8 Å². The molecule has 34 heavy (non-hydrogen) atoms. The first-order valence-corrected chi connectivity index (χ1v) is 11.3. The number of fused-ring (bicyclic) bond motifs is 1. The van der Waals surface area contributed by atoms with Crippen LogP contribution < -0.4 is 4.74 Å². The molecule has 0 radical (unpaired) electrons. The number of aromatic nitrogens is 3. The number of rotatable bonds is 7. The van der Waals surface area contributed by atoms with E-state index in [-0.39, 0.29) is 12.3 Å². The Bertz CT molecular complexity index is 1190. The molecular weight excluding hydrogens is 435 g/mol. The van der Waals surface area contributed by atoms with Crippen molar-refractivity contribution in [2.45, 2.75) is 25.4 Å². The van der Waals surface area contributed by atoms with Gasteiger partial charge >= 0.3 is 5.97 Å². The fourth-order valence-electron chi connectivity index (χ4n) is 4.51. The molecule has 3 atom stereocenters. The van der Waals surface area contributed by atoms with Gasteiger partial charge in [0.15, 0.2) is 0 Å². The highest BCUT2D eigenvalue weighted by Gasteiger charge is 2.34. The van der Waals surface area contributed by atoms with Crippen molar-refractivity contribution in [2.75, 3.05) is 26.7 Å². The molecule has 1 saturated heterocycles. The van der Waals surface area contributed by atoms with E-state index in [1.807, 2.05) is 11.0 Å². The summed E-state index contributed by atoms with van der Waals surface area (Å²) < 4.78 is 20.6. The van der Waals surface area contributed by atoms with Crippen LogP contribution >= 0.6 is 0 Å². The van der Waals surface area contributed by atoms with Crippen LogP contribution in [0.4, 0.5) is 4.39 Å². The summed E-state index contributed by atoms with van der Waals surface area (Å²) in [5.41, 5.74) is 1.86. The van der Waals surface area contributed by atoms with Crippen molar-refractivity contribution in [3.63, 3.8) is 0 Å². The molecule has 1 aliphatic heterocycles. The summed E-state index contributed by atoms with van der Waals surface area (Å²) in [6, 6.07) is 10.7. The molecule has 4 rings (SSSR count). The summed E-state index contributed by atoms with van der Waals surface area (Å²) in [4.78, 5) is 18.3. The summed E-state index contributed by atoms with van der Waals surface area (Å²) in [6.07, 6.45) is 3.45. The Hall–Kier alpha value is -3.57. The Morgan fingerprint density at radius 1 is 1.32 bits per heavy atom. The first-order chi connectivity index (χ1) is 16.5. The molecule has 0 aliphatic carbocycles. The molecule has 1 aromatic carbocycles. The minimum absolute atomic E-state index is 0.0809. The summed E-state index contributed by atoms with van der Waals surface area (Å²) in [5, 5.41) is 18.3. The van der Waals surface area contributed by atoms with Crippen LogP contribution in [0, 0.1) is 23.7 Å². The predicted molar refractivity (Wildman–Crippen MR) is 126 cm³/mol. The van der Waals surface area contributed by atoms with E-state index in [1.54, 1.807) is 49.8 Å². The lowest BCUT2D eigenvalue weighted by atomic mass is 9.81. The number of piperidine rings is 1. The third-order valence-corrected chi connectivity index (χ3v) is 6.36. The van der Waals surface area contributed by atoms with E-state index in [0.29, 0.717) is 48.5 Å². The van der Waals surface area contributed by atoms with Crippen LogP contribution in [0.25, 0.3) is 10.9 Å². The minimum atomic E-state index is -1.21. The second kappa shape index (κ2) is 11.0. The Kier molecular flexibility index (Phi) is 7.65. The Morgan fingerprint density at radius 3 is 2.97 bits per heavy atom. The maximum Gasteiger partial charge on any atom is 0.308 e. The SMILES string of the molecule is COc1ccc2nccc(C(F)CC[C@@H]3CCN(CC#Cc4cccnn4)C[C@@H]3C(=O)O)c2c1. The van der Waals surface area contributed by atoms with Gasteiger partial charge in [0.1, 0.15) is 17.6 Å². The van der Waals surface area contributed by atoms with Gasteiger partial charge in [-0.1, -0.05) is 5.92 Å². The highest BCUT2D eigenvalue weighted by molar-refractivity contribution is 5.83. The number of carboxylic acids is 1. The molecule has 1 N–H and O–H groups in total. The molecule has 3 aromatic rings. The zero-order valence-corrected chi connectivity index (χ0v) is 19.0. The van der Waals surface area contributed by atoms with E-state index in [4.69, 9.17) is 4.74 Å². The molecule has 8 heteroatoms. The van der Waals surface area contributed by atoms with E-state index in [0.717, 1.165) is 11.9 Å². The summed E-state index contributed by atoms with van der Waals surface area (Å²) in [6.45, 7) is 1.60. The zero-order valence-electron chi connectivity index (χ0n) is 19.0. The summed E-state index contributed by atoms with van der Waals surface area (Å²) in [7, 11) is 1.57. The van der Waals surface area contributed by atoms with Crippen molar-refractivity contribution in [3.8, 4) is 17.6 Å². The number of carbonyl (C=O) groups is 1. The number of hydrogen-bond donors (Lipinski definition) is 1. The Labute approximate surface area is 198 Å². The number of ether oxygens (including phenoxy) is 1. The molecule has 3 heterocycles. The van der Waals surface area contributed by atoms with Crippen LogP contribution in [-0.2, 0) is 4.79 Å². The Balaban J connectivity index is 1.38. The predicted octanol–water partition coefficient (Wildman–Crippen LogP) is 3.90. The first-order valence-electron chi connectivity index (χ1n) is 11.3. The molecule has 1 fully saturated rings. The number of hydrogen-bond acceptors (Lipinski definition) is 6. The van der Waals surface area contributed by atoms with Crippen LogP contribution in [0.1, 0.15) is 36.7 Å². The van der Waals surface area contributed by atoms with E-state index in [2.05, 4.69) is 27.0 Å². The second-order valence-corrected chi connectivity index (χ2v) is 8.47. The molecular formula is C26H27FN4O3. The molecule has 0 spiro atoms. The van der Waals surface area contributed by atoms with Crippen LogP contribution in [-0.4, -0.2) is 57.9 Å². The largest absolute Gasteiger partial charge is 0.497 e. The number of carboxylic acid groups (broad SMARTS) is 1. The topological polar surface area (TPSA) is 88.4 Å². The quantitative estimate of drug-likeness (QED) is 0.533. The van der Waals surface area contributed by atoms with Crippen molar-refractivity contribution in [3.05, 3.63) is 60.0 Å². The van der Waals surface area contributed by atoms with E-state index < -0.39 is 18.1 Å². The number of aliphatic carboxylic acids is 1. The van der Waals surface area contributed by atoms with Gasteiger partial charge in [0, 0.05) is 24.3 Å². The third-order valence-electron chi connectivity index (χ3n) is 6.36. The minimum Gasteiger partial charge on any atom is -0.497 e. The van der Waals surface area contributed by atoms with Gasteiger partial charge in [-0.15, -0.1) is 5.10 Å². The molecule has 176 valence electrons. The maximum atomic E-state index is 15.3. The molecule has 1 aliphatic rings. The molecule has 0 amide bonds. The second-order valence-electron chi connectivity index (χ2n) is 8.47. The van der Waals surface area contributed by atoms with Crippen LogP contribution in [0.5, 0.6) is 5.75 Å². The van der Waals surface area contributed by atoms with Crippen molar-refractivity contribution in [2.24, 2.45) is 11.8 Å². The van der Waals surface area contributed by atoms with Gasteiger partial charge in [0.05, 0.1) is 25.1 Å². The van der Waals surface area contributed by atoms with E-state index in [9.17, 15) is 9.90 Å². The highest BCUT2D eigenvalue weighted by atomic mass is 19.1. The average molecular weight is 463 g/mol. The smallest absolute Gasteiger partial charge is 0.308 e. The van der Waals surface area contributed by atoms with Gasteiger partial charge in [0.2, 0.25) is 0 Å². The molecule has 2 aromatic heterocycles. The lowest BCUT2D eigenvalue weighted by Crippen LogP contribution is -2.44. The highest BCUT2D eigenvalue weighted by Crippen LogP contribution is 2.35. The monoisotopic (exact) mass is 462 g/mol. The summed E-state index contributed by atoms with van der Waals surface area (Å²) >= 11 is 0. The van der Waals surface area contributed by atoms with Crippen LogP contribution in [0.2, 0.25) is 0 Å². The molecule has 7 nitrogen and oxygen atoms in total. The fraction of sp³-hybridized carbons (Fsp3) is 0.385. The molecule has 0 saturated carbocycles. The number of likely N-dealkylation sites (tertiary alicyclic amines) is 1. The number of pyridine rings is 1. The van der Waals surface area contributed by atoms with E-state index in [1.165, 1.54) is 0 Å². The van der Waals surface area contributed by atoms with Crippen molar-refractivity contribution >= 4 is 16.9 Å². The van der Waals surface area contributed by atoms with Gasteiger partial charge in [-0.2, -0.15) is 5.10 Å². The van der Waals surface area contributed by atoms with Gasteiger partial charge in [-0.25, -0.2) is 4.39 Å². The first kappa shape index (κ1) is 23.6. The lowest BCUT2D eigenvalue weighted by Gasteiger charge is -2.35. The van der Waals surface area contributed by atoms with Crippen molar-refractivity contribution < 1.29 is 19.0 Å². The number of nitrogens with zero attached hydrogens (tertiary/aromatic N) is 4. The van der Waals surface area contributed by atoms with Crippen molar-refractivity contribution in [1.82, 2.24) is 20.1 Å². The van der Waals surface area contributed by atoms with Gasteiger partial charge in [-0.05, 0) is 79.6 Å².